The Morgan fingerprint density at radius 3 is 2.27 bits per heavy atom. The molecule has 0 saturated heterocycles. The zero-order valence-electron chi connectivity index (χ0n) is 6.07. The summed E-state index contributed by atoms with van der Waals surface area (Å²) in [6.45, 7) is 0. The minimum atomic E-state index is 0. The molecule has 0 aromatic heterocycles. The molecule has 1 aromatic carbocycles. The summed E-state index contributed by atoms with van der Waals surface area (Å²) < 4.78 is 0.304. The molecule has 1 aromatic rings. The topological polar surface area (TPSA) is 20.2 Å². The second kappa shape index (κ2) is 4.73. The van der Waals surface area contributed by atoms with Crippen molar-refractivity contribution in [1.82, 2.24) is 0 Å². The van der Waals surface area contributed by atoms with Crippen molar-refractivity contribution in [3.63, 3.8) is 0 Å². The van der Waals surface area contributed by atoms with Gasteiger partial charge < -0.3 is 30.0 Å². The number of phenolic OH excluding ortho intramolecular Hbond substituents is 1. The Morgan fingerprint density at radius 2 is 1.91 bits per heavy atom. The Kier molecular flexibility index (Phi) is 4.70. The van der Waals surface area contributed by atoms with Crippen LogP contribution >= 0.6 is 12.2 Å². The molecule has 1 rings (SSSR count). The number of benzene rings is 1. The van der Waals surface area contributed by atoms with E-state index in [0.717, 1.165) is 0 Å². The van der Waals surface area contributed by atoms with Crippen LogP contribution in [0.4, 0.5) is 0 Å². The maximum Gasteiger partial charge on any atom is 1.00 e. The van der Waals surface area contributed by atoms with Gasteiger partial charge in [-0.3, -0.25) is 0 Å². The first-order valence-electron chi connectivity index (χ1n) is 2.71. The standard InChI is InChI=1S/C7H6OS2.Li/c8-6-4-2-1-3-5(6)7(9)10;/h1-4,8H,(H,9,10);/q;+1/p-1. The zero-order valence-corrected chi connectivity index (χ0v) is 7.71. The van der Waals surface area contributed by atoms with Crippen LogP contribution in [-0.2, 0) is 12.6 Å². The predicted molar refractivity (Wildman–Crippen MR) is 47.2 cm³/mol. The molecule has 1 N–H and O–H groups in total. The third kappa shape index (κ3) is 2.80. The molecule has 0 bridgehead atoms. The van der Waals surface area contributed by atoms with Crippen molar-refractivity contribution >= 4 is 29.0 Å². The molecule has 0 aliphatic heterocycles. The Morgan fingerprint density at radius 1 is 1.36 bits per heavy atom. The summed E-state index contributed by atoms with van der Waals surface area (Å²) in [5.74, 6) is 0.155. The van der Waals surface area contributed by atoms with Gasteiger partial charge in [0.05, 0.1) is 0 Å². The summed E-state index contributed by atoms with van der Waals surface area (Å²) in [4.78, 5) is 0. The van der Waals surface area contributed by atoms with E-state index in [2.05, 4.69) is 0 Å². The van der Waals surface area contributed by atoms with Gasteiger partial charge in [-0.2, -0.15) is 0 Å². The molecule has 4 heteroatoms. The minimum absolute atomic E-state index is 0. The zero-order chi connectivity index (χ0) is 7.56. The summed E-state index contributed by atoms with van der Waals surface area (Å²) in [6.07, 6.45) is 0. The molecule has 52 valence electrons. The second-order valence-electron chi connectivity index (χ2n) is 1.80. The molecule has 1 nitrogen and oxygen atoms in total. The van der Waals surface area contributed by atoms with E-state index < -0.39 is 0 Å². The molecule has 0 aliphatic carbocycles. The van der Waals surface area contributed by atoms with Crippen molar-refractivity contribution in [1.29, 1.82) is 0 Å². The van der Waals surface area contributed by atoms with Gasteiger partial charge in [-0.1, -0.05) is 18.2 Å². The minimum Gasteiger partial charge on any atom is -0.507 e. The van der Waals surface area contributed by atoms with Gasteiger partial charge in [0.15, 0.2) is 0 Å². The van der Waals surface area contributed by atoms with E-state index >= 15 is 0 Å². The van der Waals surface area contributed by atoms with E-state index in [1.165, 1.54) is 0 Å². The first kappa shape index (κ1) is 10.9. The Labute approximate surface area is 88.4 Å². The van der Waals surface area contributed by atoms with E-state index in [-0.39, 0.29) is 24.6 Å². The van der Waals surface area contributed by atoms with Gasteiger partial charge in [-0.25, -0.2) is 0 Å². The smallest absolute Gasteiger partial charge is 0.507 e. The Bertz CT molecular complexity index is 262. The van der Waals surface area contributed by atoms with E-state index in [1.54, 1.807) is 24.3 Å². The van der Waals surface area contributed by atoms with Gasteiger partial charge in [-0.05, 0) is 6.07 Å². The number of thiocarbonyl (C=S) groups is 1. The molecule has 0 saturated carbocycles. The molecule has 0 fully saturated rings. The third-order valence-corrected chi connectivity index (χ3v) is 1.56. The molecule has 0 aliphatic rings. The van der Waals surface area contributed by atoms with Crippen LogP contribution < -0.4 is 18.9 Å². The maximum atomic E-state index is 9.13. The maximum absolute atomic E-state index is 9.13. The quantitative estimate of drug-likeness (QED) is 0.323. The van der Waals surface area contributed by atoms with Crippen LogP contribution in [0.25, 0.3) is 0 Å². The van der Waals surface area contributed by atoms with Crippen molar-refractivity contribution in [2.45, 2.75) is 0 Å². The first-order valence-corrected chi connectivity index (χ1v) is 3.53. The molecule has 0 radical (unpaired) electrons. The molecule has 0 heterocycles. The fourth-order valence-electron chi connectivity index (χ4n) is 0.646. The fourth-order valence-corrected chi connectivity index (χ4v) is 0.991. The summed E-state index contributed by atoms with van der Waals surface area (Å²) >= 11 is 9.41. The van der Waals surface area contributed by atoms with Crippen LogP contribution in [-0.4, -0.2) is 9.30 Å². The van der Waals surface area contributed by atoms with Crippen molar-refractivity contribution in [2.24, 2.45) is 0 Å². The SMILES string of the molecule is Oc1ccccc1C(=S)[S-].[Li+]. The molecule has 0 unspecified atom stereocenters. The van der Waals surface area contributed by atoms with Crippen molar-refractivity contribution < 1.29 is 24.0 Å². The molecule has 0 amide bonds. The van der Waals surface area contributed by atoms with Crippen LogP contribution in [0.1, 0.15) is 5.56 Å². The summed E-state index contributed by atoms with van der Waals surface area (Å²) in [5, 5.41) is 9.13. The fraction of sp³-hybridized carbons (Fsp3) is 0. The van der Waals surface area contributed by atoms with E-state index in [1.807, 2.05) is 0 Å². The molecular weight excluding hydrogens is 171 g/mol. The average molecular weight is 176 g/mol. The van der Waals surface area contributed by atoms with Crippen LogP contribution in [0, 0.1) is 0 Å². The molecule has 0 atom stereocenters. The Balaban J connectivity index is 0.000001000. The van der Waals surface area contributed by atoms with Gasteiger partial charge in [0.1, 0.15) is 5.75 Å². The number of hydrogen-bond donors (Lipinski definition) is 1. The van der Waals surface area contributed by atoms with Gasteiger partial charge >= 0.3 is 18.9 Å². The van der Waals surface area contributed by atoms with Crippen LogP contribution in [0.3, 0.4) is 0 Å². The van der Waals surface area contributed by atoms with E-state index in [0.29, 0.717) is 9.76 Å². The second-order valence-corrected chi connectivity index (χ2v) is 2.88. The third-order valence-electron chi connectivity index (χ3n) is 1.12. The number of phenols is 1. The van der Waals surface area contributed by atoms with Crippen LogP contribution in [0.2, 0.25) is 0 Å². The summed E-state index contributed by atoms with van der Waals surface area (Å²) in [7, 11) is 0. The van der Waals surface area contributed by atoms with Crippen molar-refractivity contribution in [3.8, 4) is 5.75 Å². The monoisotopic (exact) mass is 176 g/mol. The summed E-state index contributed by atoms with van der Waals surface area (Å²) in [5.41, 5.74) is 0.563. The molecule has 0 spiro atoms. The van der Waals surface area contributed by atoms with Gasteiger partial charge in [0.2, 0.25) is 0 Å². The normalized spacial score (nSPS) is 8.36. The predicted octanol–water partition coefficient (Wildman–Crippen LogP) is -1.38. The van der Waals surface area contributed by atoms with Gasteiger partial charge in [0.25, 0.3) is 0 Å². The number of hydrogen-bond acceptors (Lipinski definition) is 3. The van der Waals surface area contributed by atoms with E-state index in [9.17, 15) is 0 Å². The van der Waals surface area contributed by atoms with E-state index in [4.69, 9.17) is 30.0 Å². The first-order chi connectivity index (χ1) is 4.72. The average Bonchev–Trinajstić information content (AvgIpc) is 1.88. The van der Waals surface area contributed by atoms with Gasteiger partial charge in [0, 0.05) is 5.56 Å². The van der Waals surface area contributed by atoms with Crippen LogP contribution in [0.15, 0.2) is 24.3 Å². The largest absolute Gasteiger partial charge is 1.00 e. The number of rotatable bonds is 1. The van der Waals surface area contributed by atoms with Crippen LogP contribution in [0.5, 0.6) is 5.75 Å². The number of aromatic hydroxyl groups is 1. The molecule has 11 heavy (non-hydrogen) atoms. The Hall–Kier alpha value is -0.0726. The molecular formula is C7H5LiOS2. The van der Waals surface area contributed by atoms with Gasteiger partial charge in [-0.15, -0.1) is 4.20 Å². The van der Waals surface area contributed by atoms with Crippen molar-refractivity contribution in [3.05, 3.63) is 29.8 Å². The summed E-state index contributed by atoms with van der Waals surface area (Å²) in [6, 6.07) is 6.78. The number of para-hydroxylation sites is 1. The van der Waals surface area contributed by atoms with Crippen molar-refractivity contribution in [2.75, 3.05) is 0 Å².